The van der Waals surface area contributed by atoms with Crippen LogP contribution in [0, 0.1) is 5.13 Å². The zero-order valence-electron chi connectivity index (χ0n) is 6.68. The largest absolute Gasteiger partial charge is 0.398 e. The lowest BCUT2D eigenvalue weighted by Crippen LogP contribution is -1.91. The van der Waals surface area contributed by atoms with Crippen molar-refractivity contribution in [3.63, 3.8) is 0 Å². The van der Waals surface area contributed by atoms with Crippen molar-refractivity contribution in [3.8, 4) is 0 Å². The number of alkyl halides is 1. The SMILES string of the molecule is Nc1ccc2sc(F)cc2c1CCl. The topological polar surface area (TPSA) is 26.0 Å². The predicted octanol–water partition coefficient (Wildman–Crippen LogP) is 3.36. The fourth-order valence-electron chi connectivity index (χ4n) is 1.30. The number of thiophene rings is 1. The highest BCUT2D eigenvalue weighted by atomic mass is 35.5. The summed E-state index contributed by atoms with van der Waals surface area (Å²) in [6.07, 6.45) is 0. The van der Waals surface area contributed by atoms with Crippen LogP contribution in [-0.2, 0) is 5.88 Å². The summed E-state index contributed by atoms with van der Waals surface area (Å²) in [5, 5.41) is 0.629. The normalized spacial score (nSPS) is 10.9. The van der Waals surface area contributed by atoms with Crippen molar-refractivity contribution >= 4 is 38.7 Å². The van der Waals surface area contributed by atoms with Gasteiger partial charge in [-0.2, -0.15) is 4.39 Å². The molecule has 0 spiro atoms. The molecule has 2 N–H and O–H groups in total. The molecule has 1 aromatic heterocycles. The number of nitrogens with two attached hydrogens (primary N) is 1. The number of benzene rings is 1. The number of hydrogen-bond donors (Lipinski definition) is 1. The second-order valence-electron chi connectivity index (χ2n) is 2.73. The first-order valence-corrected chi connectivity index (χ1v) is 5.10. The summed E-state index contributed by atoms with van der Waals surface area (Å²) in [7, 11) is 0. The molecule has 0 radical (unpaired) electrons. The molecule has 0 bridgehead atoms. The van der Waals surface area contributed by atoms with E-state index in [0.29, 0.717) is 11.6 Å². The van der Waals surface area contributed by atoms with Crippen LogP contribution in [0.15, 0.2) is 18.2 Å². The van der Waals surface area contributed by atoms with Crippen LogP contribution in [0.2, 0.25) is 0 Å². The third-order valence-corrected chi connectivity index (χ3v) is 3.11. The zero-order valence-corrected chi connectivity index (χ0v) is 8.25. The van der Waals surface area contributed by atoms with Crippen LogP contribution in [0.25, 0.3) is 10.1 Å². The molecule has 2 rings (SSSR count). The van der Waals surface area contributed by atoms with E-state index in [4.69, 9.17) is 17.3 Å². The molecule has 13 heavy (non-hydrogen) atoms. The van der Waals surface area contributed by atoms with Crippen LogP contribution in [0.5, 0.6) is 0 Å². The van der Waals surface area contributed by atoms with Gasteiger partial charge in [0.15, 0.2) is 5.13 Å². The minimum atomic E-state index is -0.202. The first-order valence-electron chi connectivity index (χ1n) is 3.74. The number of rotatable bonds is 1. The average molecular weight is 216 g/mol. The van der Waals surface area contributed by atoms with E-state index in [2.05, 4.69) is 0 Å². The number of fused-ring (bicyclic) bond motifs is 1. The van der Waals surface area contributed by atoms with Crippen LogP contribution < -0.4 is 5.73 Å². The predicted molar refractivity (Wildman–Crippen MR) is 55.8 cm³/mol. The molecule has 1 aromatic carbocycles. The van der Waals surface area contributed by atoms with Crippen LogP contribution in [-0.4, -0.2) is 0 Å². The Kier molecular flexibility index (Phi) is 2.14. The molecule has 0 aliphatic carbocycles. The molecular weight excluding hydrogens is 209 g/mol. The third kappa shape index (κ3) is 1.38. The van der Waals surface area contributed by atoms with Crippen LogP contribution in [0.4, 0.5) is 10.1 Å². The van der Waals surface area contributed by atoms with Crippen LogP contribution >= 0.6 is 22.9 Å². The summed E-state index contributed by atoms with van der Waals surface area (Å²) in [5.41, 5.74) is 7.15. The van der Waals surface area contributed by atoms with Gasteiger partial charge in [0, 0.05) is 15.8 Å². The Balaban J connectivity index is 2.82. The monoisotopic (exact) mass is 215 g/mol. The Labute approximate surface area is 83.9 Å². The van der Waals surface area contributed by atoms with Crippen molar-refractivity contribution in [2.45, 2.75) is 5.88 Å². The van der Waals surface area contributed by atoms with E-state index >= 15 is 0 Å². The maximum absolute atomic E-state index is 12.9. The third-order valence-electron chi connectivity index (χ3n) is 1.95. The maximum atomic E-state index is 12.9. The maximum Gasteiger partial charge on any atom is 0.177 e. The molecule has 0 amide bonds. The van der Waals surface area contributed by atoms with Gasteiger partial charge >= 0.3 is 0 Å². The molecule has 0 fully saturated rings. The Bertz CT molecular complexity index is 452. The number of hydrogen-bond acceptors (Lipinski definition) is 2. The minimum Gasteiger partial charge on any atom is -0.398 e. The smallest absolute Gasteiger partial charge is 0.177 e. The fraction of sp³-hybridized carbons (Fsp3) is 0.111. The highest BCUT2D eigenvalue weighted by Crippen LogP contribution is 2.31. The van der Waals surface area contributed by atoms with Crippen molar-refractivity contribution in [1.82, 2.24) is 0 Å². The van der Waals surface area contributed by atoms with Gasteiger partial charge < -0.3 is 5.73 Å². The van der Waals surface area contributed by atoms with Gasteiger partial charge in [-0.15, -0.1) is 22.9 Å². The van der Waals surface area contributed by atoms with Crippen LogP contribution in [0.3, 0.4) is 0 Å². The van der Waals surface area contributed by atoms with E-state index < -0.39 is 0 Å². The highest BCUT2D eigenvalue weighted by Gasteiger charge is 2.07. The van der Waals surface area contributed by atoms with E-state index in [0.717, 1.165) is 27.0 Å². The van der Waals surface area contributed by atoms with Crippen molar-refractivity contribution in [3.05, 3.63) is 28.9 Å². The molecule has 0 atom stereocenters. The number of anilines is 1. The van der Waals surface area contributed by atoms with E-state index in [1.165, 1.54) is 6.07 Å². The van der Waals surface area contributed by atoms with Crippen LogP contribution in [0.1, 0.15) is 5.56 Å². The Morgan fingerprint density at radius 1 is 1.46 bits per heavy atom. The fourth-order valence-corrected chi connectivity index (χ4v) is 2.42. The highest BCUT2D eigenvalue weighted by molar-refractivity contribution is 7.17. The van der Waals surface area contributed by atoms with Gasteiger partial charge in [0.25, 0.3) is 0 Å². The van der Waals surface area contributed by atoms with Gasteiger partial charge in [0.2, 0.25) is 0 Å². The summed E-state index contributed by atoms with van der Waals surface area (Å²) in [4.78, 5) is 0. The van der Waals surface area contributed by atoms with Gasteiger partial charge in [0.05, 0.1) is 5.88 Å². The molecule has 0 saturated heterocycles. The van der Waals surface area contributed by atoms with Gasteiger partial charge in [-0.3, -0.25) is 0 Å². The average Bonchev–Trinajstić information content (AvgIpc) is 2.45. The summed E-state index contributed by atoms with van der Waals surface area (Å²) < 4.78 is 13.8. The van der Waals surface area contributed by atoms with E-state index in [-0.39, 0.29) is 5.13 Å². The minimum absolute atomic E-state index is 0.202. The lowest BCUT2D eigenvalue weighted by Gasteiger charge is -2.02. The molecule has 4 heteroatoms. The quantitative estimate of drug-likeness (QED) is 0.573. The summed E-state index contributed by atoms with van der Waals surface area (Å²) in [6.45, 7) is 0. The summed E-state index contributed by atoms with van der Waals surface area (Å²) >= 11 is 6.83. The summed E-state index contributed by atoms with van der Waals surface area (Å²) in [5.74, 6) is 0.319. The van der Waals surface area contributed by atoms with Crippen molar-refractivity contribution < 1.29 is 4.39 Å². The number of nitrogen functional groups attached to an aromatic ring is 1. The molecule has 1 heterocycles. The summed E-state index contributed by atoms with van der Waals surface area (Å²) in [6, 6.07) is 5.05. The lowest BCUT2D eigenvalue weighted by atomic mass is 10.1. The Morgan fingerprint density at radius 3 is 2.92 bits per heavy atom. The van der Waals surface area contributed by atoms with Gasteiger partial charge in [-0.25, -0.2) is 0 Å². The lowest BCUT2D eigenvalue weighted by molar-refractivity contribution is 0.658. The van der Waals surface area contributed by atoms with Crippen molar-refractivity contribution in [1.29, 1.82) is 0 Å². The molecule has 1 nitrogen and oxygen atoms in total. The van der Waals surface area contributed by atoms with Gasteiger partial charge in [-0.05, 0) is 23.8 Å². The standard InChI is InChI=1S/C9H7ClFNS/c10-4-6-5-3-9(11)13-8(5)2-1-7(6)12/h1-3H,4,12H2. The first-order chi connectivity index (χ1) is 6.22. The Morgan fingerprint density at radius 2 is 2.23 bits per heavy atom. The molecule has 2 aromatic rings. The molecule has 0 aliphatic rings. The molecule has 0 aliphatic heterocycles. The van der Waals surface area contributed by atoms with Crippen molar-refractivity contribution in [2.75, 3.05) is 5.73 Å². The zero-order chi connectivity index (χ0) is 9.42. The van der Waals surface area contributed by atoms with Gasteiger partial charge in [-0.1, -0.05) is 0 Å². The van der Waals surface area contributed by atoms with Gasteiger partial charge in [0.1, 0.15) is 0 Å². The number of halogens is 2. The van der Waals surface area contributed by atoms with E-state index in [1.807, 2.05) is 6.07 Å². The first kappa shape index (κ1) is 8.78. The second-order valence-corrected chi connectivity index (χ2v) is 4.03. The second kappa shape index (κ2) is 3.16. The van der Waals surface area contributed by atoms with E-state index in [1.54, 1.807) is 6.07 Å². The van der Waals surface area contributed by atoms with E-state index in [9.17, 15) is 4.39 Å². The molecule has 68 valence electrons. The molecule has 0 saturated carbocycles. The molecular formula is C9H7ClFNS. The molecule has 0 unspecified atom stereocenters. The Hall–Kier alpha value is -0.800. The van der Waals surface area contributed by atoms with Crippen molar-refractivity contribution in [2.24, 2.45) is 0 Å².